The minimum atomic E-state index is 1.23. The second-order valence-corrected chi connectivity index (χ2v) is 5.03. The minimum Gasteiger partial charge on any atom is -0.0845 e. The standard InChI is InChI=1S/C18H28/c1-2-4-6-8-10-12-14-16-18-17-15-13-11-9-7-5-3-1/h1-8H,9-18H2/b3-1?,4-2?,7-5+,8-6+. The summed E-state index contributed by atoms with van der Waals surface area (Å²) in [5.74, 6) is 0. The summed E-state index contributed by atoms with van der Waals surface area (Å²) < 4.78 is 0. The van der Waals surface area contributed by atoms with Crippen molar-refractivity contribution in [2.45, 2.75) is 64.2 Å². The van der Waals surface area contributed by atoms with Gasteiger partial charge in [0.2, 0.25) is 0 Å². The Morgan fingerprint density at radius 3 is 1.11 bits per heavy atom. The van der Waals surface area contributed by atoms with Gasteiger partial charge in [-0.25, -0.2) is 0 Å². The summed E-state index contributed by atoms with van der Waals surface area (Å²) in [5.41, 5.74) is 0. The Bertz CT molecular complexity index is 248. The van der Waals surface area contributed by atoms with Crippen LogP contribution in [0.25, 0.3) is 0 Å². The van der Waals surface area contributed by atoms with E-state index in [2.05, 4.69) is 48.6 Å². The molecule has 0 heterocycles. The van der Waals surface area contributed by atoms with Crippen LogP contribution in [0.15, 0.2) is 48.6 Å². The highest BCUT2D eigenvalue weighted by Crippen LogP contribution is 2.11. The molecule has 0 fully saturated rings. The van der Waals surface area contributed by atoms with Crippen LogP contribution in [0.2, 0.25) is 0 Å². The highest BCUT2D eigenvalue weighted by Gasteiger charge is 1.91. The lowest BCUT2D eigenvalue weighted by Crippen LogP contribution is -1.81. The van der Waals surface area contributed by atoms with Gasteiger partial charge in [0.15, 0.2) is 0 Å². The van der Waals surface area contributed by atoms with Crippen LogP contribution in [0.5, 0.6) is 0 Å². The van der Waals surface area contributed by atoms with E-state index in [1.807, 2.05) is 0 Å². The predicted molar refractivity (Wildman–Crippen MR) is 82.7 cm³/mol. The lowest BCUT2D eigenvalue weighted by molar-refractivity contribution is 0.571. The van der Waals surface area contributed by atoms with Crippen LogP contribution in [0.3, 0.4) is 0 Å². The topological polar surface area (TPSA) is 0 Å². The number of allylic oxidation sites excluding steroid dienone is 8. The molecule has 0 saturated heterocycles. The van der Waals surface area contributed by atoms with Crippen LogP contribution in [0, 0.1) is 0 Å². The normalized spacial score (nSPS) is 24.0. The Balaban J connectivity index is 2.27. The second-order valence-electron chi connectivity index (χ2n) is 5.03. The van der Waals surface area contributed by atoms with E-state index >= 15 is 0 Å². The molecule has 0 heteroatoms. The predicted octanol–water partition coefficient (Wildman–Crippen LogP) is 6.13. The third kappa shape index (κ3) is 10.1. The number of hydrogen-bond donors (Lipinski definition) is 0. The largest absolute Gasteiger partial charge is 0.0845 e. The molecule has 1 rings (SSSR count). The zero-order valence-electron chi connectivity index (χ0n) is 11.7. The van der Waals surface area contributed by atoms with Crippen LogP contribution in [0.4, 0.5) is 0 Å². The molecule has 0 aliphatic heterocycles. The Hall–Kier alpha value is -1.04. The molecule has 0 amide bonds. The second kappa shape index (κ2) is 12.4. The van der Waals surface area contributed by atoms with Crippen LogP contribution in [-0.2, 0) is 0 Å². The van der Waals surface area contributed by atoms with Gasteiger partial charge in [0.05, 0.1) is 0 Å². The lowest BCUT2D eigenvalue weighted by Gasteiger charge is -2.00. The molecule has 0 N–H and O–H groups in total. The third-order valence-corrected chi connectivity index (χ3v) is 3.32. The van der Waals surface area contributed by atoms with E-state index < -0.39 is 0 Å². The zero-order valence-corrected chi connectivity index (χ0v) is 11.7. The molecule has 0 nitrogen and oxygen atoms in total. The van der Waals surface area contributed by atoms with Crippen LogP contribution in [0.1, 0.15) is 64.2 Å². The van der Waals surface area contributed by atoms with E-state index in [0.717, 1.165) is 0 Å². The highest BCUT2D eigenvalue weighted by atomic mass is 14.0. The summed E-state index contributed by atoms with van der Waals surface area (Å²) >= 11 is 0. The average molecular weight is 244 g/mol. The van der Waals surface area contributed by atoms with Crippen molar-refractivity contribution < 1.29 is 0 Å². The SMILES string of the molecule is C1=C/C=C/CCCCCCCCCC/C=C/C=C1. The molecule has 0 aromatic carbocycles. The van der Waals surface area contributed by atoms with Gasteiger partial charge in [-0.3, -0.25) is 0 Å². The Kier molecular flexibility index (Phi) is 10.4. The summed E-state index contributed by atoms with van der Waals surface area (Å²) in [6, 6.07) is 0. The fourth-order valence-corrected chi connectivity index (χ4v) is 2.19. The molecule has 0 aromatic rings. The van der Waals surface area contributed by atoms with Gasteiger partial charge in [-0.15, -0.1) is 0 Å². The molecule has 0 spiro atoms. The molecule has 18 heavy (non-hydrogen) atoms. The maximum atomic E-state index is 2.28. The van der Waals surface area contributed by atoms with Crippen molar-refractivity contribution in [2.75, 3.05) is 0 Å². The van der Waals surface area contributed by atoms with Crippen molar-refractivity contribution in [1.82, 2.24) is 0 Å². The third-order valence-electron chi connectivity index (χ3n) is 3.32. The summed E-state index contributed by atoms with van der Waals surface area (Å²) in [4.78, 5) is 0. The van der Waals surface area contributed by atoms with E-state index in [1.54, 1.807) is 0 Å². The molecular formula is C18H28. The molecule has 0 aromatic heterocycles. The van der Waals surface area contributed by atoms with Gasteiger partial charge in [0.25, 0.3) is 0 Å². The van der Waals surface area contributed by atoms with Gasteiger partial charge in [-0.1, -0.05) is 87.1 Å². The van der Waals surface area contributed by atoms with Crippen molar-refractivity contribution in [3.05, 3.63) is 48.6 Å². The average Bonchev–Trinajstić information content (AvgIpc) is 2.39. The van der Waals surface area contributed by atoms with Crippen molar-refractivity contribution in [2.24, 2.45) is 0 Å². The first-order valence-electron chi connectivity index (χ1n) is 7.65. The lowest BCUT2D eigenvalue weighted by atomic mass is 10.1. The van der Waals surface area contributed by atoms with Crippen LogP contribution >= 0.6 is 0 Å². The Labute approximate surface area is 113 Å². The summed E-state index contributed by atoms with van der Waals surface area (Å²) in [5, 5.41) is 0. The number of rotatable bonds is 0. The van der Waals surface area contributed by atoms with E-state index in [1.165, 1.54) is 64.2 Å². The summed E-state index contributed by atoms with van der Waals surface area (Å²) in [7, 11) is 0. The van der Waals surface area contributed by atoms with E-state index in [4.69, 9.17) is 0 Å². The van der Waals surface area contributed by atoms with Crippen molar-refractivity contribution >= 4 is 0 Å². The van der Waals surface area contributed by atoms with Crippen molar-refractivity contribution in [3.63, 3.8) is 0 Å². The fraction of sp³-hybridized carbons (Fsp3) is 0.556. The summed E-state index contributed by atoms with van der Waals surface area (Å²) in [6.45, 7) is 0. The van der Waals surface area contributed by atoms with E-state index in [-0.39, 0.29) is 0 Å². The molecule has 0 atom stereocenters. The van der Waals surface area contributed by atoms with Crippen molar-refractivity contribution in [3.8, 4) is 0 Å². The monoisotopic (exact) mass is 244 g/mol. The fourth-order valence-electron chi connectivity index (χ4n) is 2.19. The van der Waals surface area contributed by atoms with Gasteiger partial charge in [0.1, 0.15) is 0 Å². The Morgan fingerprint density at radius 2 is 0.667 bits per heavy atom. The molecule has 1 aliphatic carbocycles. The van der Waals surface area contributed by atoms with Crippen LogP contribution in [-0.4, -0.2) is 0 Å². The molecule has 0 unspecified atom stereocenters. The number of hydrogen-bond acceptors (Lipinski definition) is 0. The maximum absolute atomic E-state index is 2.28. The molecule has 0 radical (unpaired) electrons. The van der Waals surface area contributed by atoms with Gasteiger partial charge < -0.3 is 0 Å². The van der Waals surface area contributed by atoms with Crippen molar-refractivity contribution in [1.29, 1.82) is 0 Å². The first kappa shape index (κ1) is 15.0. The molecule has 100 valence electrons. The van der Waals surface area contributed by atoms with Gasteiger partial charge in [-0.05, 0) is 25.7 Å². The van der Waals surface area contributed by atoms with Gasteiger partial charge >= 0.3 is 0 Å². The maximum Gasteiger partial charge on any atom is -0.0348 e. The van der Waals surface area contributed by atoms with E-state index in [9.17, 15) is 0 Å². The smallest absolute Gasteiger partial charge is 0.0348 e. The highest BCUT2D eigenvalue weighted by molar-refractivity contribution is 5.15. The first-order valence-corrected chi connectivity index (χ1v) is 7.65. The van der Waals surface area contributed by atoms with Gasteiger partial charge in [-0.2, -0.15) is 0 Å². The quantitative estimate of drug-likeness (QED) is 0.481. The first-order chi connectivity index (χ1) is 9.00. The van der Waals surface area contributed by atoms with E-state index in [0.29, 0.717) is 0 Å². The molecular weight excluding hydrogens is 216 g/mol. The molecule has 0 saturated carbocycles. The molecule has 1 aliphatic rings. The Morgan fingerprint density at radius 1 is 0.333 bits per heavy atom. The van der Waals surface area contributed by atoms with Gasteiger partial charge in [0, 0.05) is 0 Å². The minimum absolute atomic E-state index is 1.23. The molecule has 0 bridgehead atoms. The van der Waals surface area contributed by atoms with Crippen LogP contribution < -0.4 is 0 Å². The zero-order chi connectivity index (χ0) is 12.7. The summed E-state index contributed by atoms with van der Waals surface area (Å²) in [6.07, 6.45) is 31.0.